The van der Waals surface area contributed by atoms with Gasteiger partial charge >= 0.3 is 17.9 Å². The molecule has 0 radical (unpaired) electrons. The quantitative estimate of drug-likeness (QED) is 0.0173. The number of carbonyl (C=O) groups is 3. The first-order valence-electron chi connectivity index (χ1n) is 26.7. The highest BCUT2D eigenvalue weighted by atomic mass is 16.4. The van der Waals surface area contributed by atoms with E-state index in [4.69, 9.17) is 13.1 Å². The monoisotopic (exact) mass is 1030 g/mol. The van der Waals surface area contributed by atoms with Crippen LogP contribution in [-0.2, 0) is 20.8 Å². The van der Waals surface area contributed by atoms with E-state index in [1.54, 1.807) is 42.5 Å². The zero-order valence-electron chi connectivity index (χ0n) is 43.9. The molecule has 11 heteroatoms. The molecule has 11 nitrogen and oxygen atoms in total. The lowest BCUT2D eigenvalue weighted by Crippen LogP contribution is -2.10. The van der Waals surface area contributed by atoms with Crippen molar-refractivity contribution in [1.82, 2.24) is 0 Å². The summed E-state index contributed by atoms with van der Waals surface area (Å²) in [4.78, 5) is 45.0. The molecule has 6 aromatic rings. The summed E-state index contributed by atoms with van der Waals surface area (Å²) in [5, 5.41) is 37.6. The molecule has 3 N–H and O–H groups in total. The smallest absolute Gasteiger partial charge is 0.346 e. The van der Waals surface area contributed by atoms with Gasteiger partial charge in [-0.15, -0.1) is 0 Å². The third-order valence-corrected chi connectivity index (χ3v) is 13.5. The van der Waals surface area contributed by atoms with Gasteiger partial charge in [0, 0.05) is 34.1 Å². The second-order valence-corrected chi connectivity index (χ2v) is 19.1. The summed E-state index contributed by atoms with van der Waals surface area (Å²) >= 11 is 0. The number of benzene rings is 6. The lowest BCUT2D eigenvalue weighted by Gasteiger charge is -2.26. The van der Waals surface area contributed by atoms with Crippen molar-refractivity contribution in [3.05, 3.63) is 208 Å². The summed E-state index contributed by atoms with van der Waals surface area (Å²) in [6.07, 6.45) is 26.4. The van der Waals surface area contributed by atoms with Gasteiger partial charge in [-0.05, 0) is 137 Å². The van der Waals surface area contributed by atoms with Gasteiger partial charge in [-0.1, -0.05) is 176 Å². The molecule has 0 unspecified atom stereocenters. The zero-order valence-corrected chi connectivity index (χ0v) is 43.9. The fourth-order valence-corrected chi connectivity index (χ4v) is 9.26. The third kappa shape index (κ3) is 17.6. The summed E-state index contributed by atoms with van der Waals surface area (Å²) in [5.74, 6) is -3.91. The van der Waals surface area contributed by atoms with Crippen LogP contribution in [0.15, 0.2) is 163 Å². The highest BCUT2D eigenvalue weighted by Crippen LogP contribution is 2.39. The van der Waals surface area contributed by atoms with Gasteiger partial charge in [-0.25, -0.2) is 14.5 Å². The largest absolute Gasteiger partial charge is 0.486 e. The molecule has 0 aliphatic heterocycles. The zero-order chi connectivity index (χ0) is 54.8. The van der Waals surface area contributed by atoms with E-state index in [2.05, 4.69) is 70.0 Å². The minimum atomic E-state index is -1.31. The number of carboxylic acids is 3. The van der Waals surface area contributed by atoms with Crippen LogP contribution < -0.4 is 9.80 Å². The number of aryl methyl sites for hydroxylation is 1. The fourth-order valence-electron chi connectivity index (χ4n) is 9.26. The van der Waals surface area contributed by atoms with Crippen LogP contribution in [-0.4, -0.2) is 33.2 Å². The number of rotatable bonds is 30. The minimum Gasteiger partial charge on any atom is -0.486 e. The van der Waals surface area contributed by atoms with E-state index in [1.807, 2.05) is 65.6 Å². The fraction of sp³-hybridized carbons (Fsp3) is 0.273. The Labute approximate surface area is 454 Å². The van der Waals surface area contributed by atoms with Crippen LogP contribution in [0.2, 0.25) is 0 Å². The number of unbranched alkanes of at least 4 members (excludes halogenated alkanes) is 15. The van der Waals surface area contributed by atoms with E-state index in [-0.39, 0.29) is 5.57 Å². The molecule has 0 saturated heterocycles. The molecule has 0 spiro atoms. The Hall–Kier alpha value is -8.98. The molecule has 0 aliphatic rings. The van der Waals surface area contributed by atoms with Crippen molar-refractivity contribution < 1.29 is 29.7 Å². The molecule has 0 saturated carbocycles. The molecule has 0 heterocycles. The Balaban J connectivity index is 1.17. The van der Waals surface area contributed by atoms with Crippen LogP contribution >= 0.6 is 0 Å². The van der Waals surface area contributed by atoms with Crippen LogP contribution in [0.25, 0.3) is 39.0 Å². The van der Waals surface area contributed by atoms with Gasteiger partial charge in [-0.3, -0.25) is 9.59 Å². The first kappa shape index (κ1) is 57.3. The second kappa shape index (κ2) is 30.4. The number of nitriles is 1. The predicted octanol–water partition coefficient (Wildman–Crippen LogP) is 17.8. The van der Waals surface area contributed by atoms with E-state index < -0.39 is 29.3 Å². The van der Waals surface area contributed by atoms with Crippen molar-refractivity contribution in [2.75, 3.05) is 9.80 Å². The summed E-state index contributed by atoms with van der Waals surface area (Å²) in [5.41, 5.74) is 8.71. The molecule has 77 heavy (non-hydrogen) atoms. The molecule has 0 aliphatic carbocycles. The van der Waals surface area contributed by atoms with Crippen LogP contribution in [0.3, 0.4) is 0 Å². The van der Waals surface area contributed by atoms with Gasteiger partial charge in [0.25, 0.3) is 11.4 Å². The Morgan fingerprint density at radius 2 is 0.714 bits per heavy atom. The molecule has 392 valence electrons. The Morgan fingerprint density at radius 1 is 0.429 bits per heavy atom. The Kier molecular flexibility index (Phi) is 22.6. The number of hydrogen-bond donors (Lipinski definition) is 3. The molecule has 0 atom stereocenters. The van der Waals surface area contributed by atoms with Crippen LogP contribution in [0.4, 0.5) is 34.1 Å². The maximum atomic E-state index is 11.6. The van der Waals surface area contributed by atoms with Gasteiger partial charge in [-0.2, -0.15) is 5.26 Å². The first-order chi connectivity index (χ1) is 37.5. The van der Waals surface area contributed by atoms with Crippen LogP contribution in [0, 0.1) is 24.5 Å². The molecular weight excluding hydrogens is 959 g/mol. The van der Waals surface area contributed by atoms with Crippen LogP contribution in [0.1, 0.15) is 132 Å². The van der Waals surface area contributed by atoms with E-state index in [0.29, 0.717) is 16.7 Å². The summed E-state index contributed by atoms with van der Waals surface area (Å²) in [6.45, 7) is 16.8. The number of aliphatic carboxylic acids is 3. The SMILES string of the molecule is [C-]#[N+]/C(=C\c1ccc(N(c2ccc(/C=C(/[N+]#[C-])C(=O)O)cc2)c2ccc(-c3ccc(N(c4ccc(/C=C(\C#N)C(=O)O)cc4)c4ccc(CCCCCCCCCCCCCCCCCC)cc4)cc3)cc2)cc1)C(=O)O. The van der Waals surface area contributed by atoms with Crippen molar-refractivity contribution in [2.45, 2.75) is 116 Å². The van der Waals surface area contributed by atoms with E-state index >= 15 is 0 Å². The topological polar surface area (TPSA) is 151 Å². The standard InChI is InChI=1S/C66H67N5O6/c1-4-5-6-7-8-9-10-11-12-13-14-15-16-17-18-19-20-49-21-33-56(34-22-49)70(57-35-23-50(24-36-57)45-55(48-67)64(72)73)60-41-29-53(30-42-60)54-31-43-61(44-32-54)71(58-37-25-51(26-38-58)46-62(68-2)65(74)75)59-39-27-52(28-40-59)47-63(69-3)66(76)77/h21-47H,4-20H2,1H3,(H,72,73)(H,74,75)(H,76,77)/b55-45+,62-46-,63-47+. The number of nitrogens with zero attached hydrogens (tertiary/aromatic N) is 5. The van der Waals surface area contributed by atoms with Crippen molar-refractivity contribution in [1.29, 1.82) is 5.26 Å². The third-order valence-electron chi connectivity index (χ3n) is 13.5. The van der Waals surface area contributed by atoms with Crippen molar-refractivity contribution in [3.8, 4) is 17.2 Å². The maximum Gasteiger partial charge on any atom is 0.346 e. The Morgan fingerprint density at radius 3 is 1.00 bits per heavy atom. The lowest BCUT2D eigenvalue weighted by molar-refractivity contribution is -0.133. The highest BCUT2D eigenvalue weighted by molar-refractivity contribution is 5.97. The number of anilines is 6. The molecule has 6 aromatic carbocycles. The number of hydrogen-bond acceptors (Lipinski definition) is 6. The molecule has 0 aromatic heterocycles. The lowest BCUT2D eigenvalue weighted by atomic mass is 10.0. The highest BCUT2D eigenvalue weighted by Gasteiger charge is 2.17. The van der Waals surface area contributed by atoms with Crippen molar-refractivity contribution in [3.63, 3.8) is 0 Å². The van der Waals surface area contributed by atoms with E-state index in [0.717, 1.165) is 58.1 Å². The number of carboxylic acid groups (broad SMARTS) is 3. The summed E-state index contributed by atoms with van der Waals surface area (Å²) in [7, 11) is 0. The van der Waals surface area contributed by atoms with Gasteiger partial charge in [0.05, 0.1) is 13.1 Å². The normalized spacial score (nSPS) is 11.5. The van der Waals surface area contributed by atoms with Gasteiger partial charge in [0.1, 0.15) is 11.6 Å². The van der Waals surface area contributed by atoms with Gasteiger partial charge < -0.3 is 25.1 Å². The van der Waals surface area contributed by atoms with Gasteiger partial charge in [0.2, 0.25) is 0 Å². The molecule has 0 bridgehead atoms. The first-order valence-corrected chi connectivity index (χ1v) is 26.7. The molecular formula is C66H67N5O6. The summed E-state index contributed by atoms with van der Waals surface area (Å²) in [6, 6.07) is 48.3. The Bertz CT molecular complexity index is 3020. The second-order valence-electron chi connectivity index (χ2n) is 19.1. The minimum absolute atomic E-state index is 0.345. The molecule has 0 amide bonds. The van der Waals surface area contributed by atoms with Crippen LogP contribution in [0.5, 0.6) is 0 Å². The van der Waals surface area contributed by atoms with Gasteiger partial charge in [0.15, 0.2) is 0 Å². The van der Waals surface area contributed by atoms with Crippen molar-refractivity contribution >= 4 is 70.3 Å². The average molecular weight is 1030 g/mol. The molecule has 0 fully saturated rings. The van der Waals surface area contributed by atoms with E-state index in [1.165, 1.54) is 120 Å². The molecule has 6 rings (SSSR count). The van der Waals surface area contributed by atoms with Crippen molar-refractivity contribution in [2.24, 2.45) is 0 Å². The summed E-state index contributed by atoms with van der Waals surface area (Å²) < 4.78 is 0. The predicted molar refractivity (Wildman–Crippen MR) is 310 cm³/mol. The van der Waals surface area contributed by atoms with E-state index in [9.17, 15) is 35.0 Å². The maximum absolute atomic E-state index is 11.6. The average Bonchev–Trinajstić information content (AvgIpc) is 3.45.